The molecular formula is C19H15IN6. The van der Waals surface area contributed by atoms with Crippen LogP contribution < -0.4 is 0 Å². The molecule has 5 rings (SSSR count). The highest BCUT2D eigenvalue weighted by atomic mass is 127. The predicted octanol–water partition coefficient (Wildman–Crippen LogP) is 3.39. The summed E-state index contributed by atoms with van der Waals surface area (Å²) in [5, 5.41) is 4.80. The molecule has 1 aromatic carbocycles. The normalized spacial score (nSPS) is 12.2. The third-order valence-electron chi connectivity index (χ3n) is 4.66. The summed E-state index contributed by atoms with van der Waals surface area (Å²) in [5.41, 5.74) is 5.51. The Morgan fingerprint density at radius 3 is 2.85 bits per heavy atom. The van der Waals surface area contributed by atoms with E-state index in [2.05, 4.69) is 55.3 Å². The van der Waals surface area contributed by atoms with Gasteiger partial charge in [0.2, 0.25) is 0 Å². The van der Waals surface area contributed by atoms with Crippen molar-refractivity contribution in [1.29, 1.82) is 0 Å². The lowest BCUT2D eigenvalue weighted by Gasteiger charge is -2.08. The summed E-state index contributed by atoms with van der Waals surface area (Å²) in [5.74, 6) is 1.73. The summed E-state index contributed by atoms with van der Waals surface area (Å²) in [6.45, 7) is 2.70. The average Bonchev–Trinajstić information content (AvgIpc) is 3.17. The number of fused-ring (bicyclic) bond motifs is 5. The van der Waals surface area contributed by atoms with E-state index in [9.17, 15) is 0 Å². The van der Waals surface area contributed by atoms with E-state index in [1.165, 1.54) is 3.57 Å². The Bertz CT molecular complexity index is 1110. The first-order valence-corrected chi connectivity index (χ1v) is 9.42. The minimum Gasteiger partial charge on any atom is -0.300 e. The lowest BCUT2D eigenvalue weighted by molar-refractivity contribution is 0.664. The van der Waals surface area contributed by atoms with Gasteiger partial charge in [0.25, 0.3) is 0 Å². The van der Waals surface area contributed by atoms with Gasteiger partial charge in [-0.05, 0) is 65.4 Å². The van der Waals surface area contributed by atoms with E-state index in [0.29, 0.717) is 13.0 Å². The Hall–Kier alpha value is -2.55. The highest BCUT2D eigenvalue weighted by molar-refractivity contribution is 14.1. The molecule has 0 amide bonds. The molecule has 0 unspecified atom stereocenters. The molecule has 0 spiro atoms. The number of nitrogens with zero attached hydrogens (tertiary/aromatic N) is 6. The highest BCUT2D eigenvalue weighted by Crippen LogP contribution is 2.32. The second-order valence-corrected chi connectivity index (χ2v) is 7.60. The number of halogens is 1. The zero-order valence-corrected chi connectivity index (χ0v) is 16.3. The molecule has 26 heavy (non-hydrogen) atoms. The lowest BCUT2D eigenvalue weighted by Crippen LogP contribution is -2.06. The van der Waals surface area contributed by atoms with Gasteiger partial charge in [-0.3, -0.25) is 4.98 Å². The first-order chi connectivity index (χ1) is 12.7. The van der Waals surface area contributed by atoms with Crippen LogP contribution >= 0.6 is 22.6 Å². The van der Waals surface area contributed by atoms with Crippen molar-refractivity contribution < 1.29 is 0 Å². The van der Waals surface area contributed by atoms with Gasteiger partial charge in [0.05, 0.1) is 29.9 Å². The van der Waals surface area contributed by atoms with Gasteiger partial charge in [-0.25, -0.2) is 14.6 Å². The van der Waals surface area contributed by atoms with Crippen LogP contribution in [0.1, 0.15) is 22.8 Å². The van der Waals surface area contributed by atoms with Gasteiger partial charge in [-0.15, -0.1) is 0 Å². The summed E-state index contributed by atoms with van der Waals surface area (Å²) in [6.07, 6.45) is 6.19. The van der Waals surface area contributed by atoms with Crippen molar-refractivity contribution in [3.8, 4) is 17.1 Å². The fraction of sp³-hybridized carbons (Fsp3) is 0.158. The Balaban J connectivity index is 1.68. The largest absolute Gasteiger partial charge is 0.300 e. The molecule has 0 saturated heterocycles. The lowest BCUT2D eigenvalue weighted by atomic mass is 10.1. The Labute approximate surface area is 164 Å². The maximum Gasteiger partial charge on any atom is 0.160 e. The maximum atomic E-state index is 4.88. The monoisotopic (exact) mass is 454 g/mol. The number of aromatic nitrogens is 6. The van der Waals surface area contributed by atoms with Gasteiger partial charge in [-0.1, -0.05) is 0 Å². The van der Waals surface area contributed by atoms with E-state index in [1.807, 2.05) is 30.1 Å². The fourth-order valence-electron chi connectivity index (χ4n) is 3.36. The molecule has 4 heterocycles. The van der Waals surface area contributed by atoms with Crippen LogP contribution in [0.2, 0.25) is 0 Å². The van der Waals surface area contributed by atoms with Crippen molar-refractivity contribution in [2.45, 2.75) is 19.9 Å². The number of benzene rings is 1. The topological polar surface area (TPSA) is 61.4 Å². The zero-order valence-electron chi connectivity index (χ0n) is 14.1. The Morgan fingerprint density at radius 2 is 2.00 bits per heavy atom. The second-order valence-electron chi connectivity index (χ2n) is 6.35. The molecule has 0 saturated carbocycles. The van der Waals surface area contributed by atoms with E-state index in [1.54, 1.807) is 12.4 Å². The van der Waals surface area contributed by atoms with Crippen LogP contribution in [-0.2, 0) is 13.0 Å². The van der Waals surface area contributed by atoms with Gasteiger partial charge < -0.3 is 4.57 Å². The van der Waals surface area contributed by atoms with Crippen molar-refractivity contribution in [1.82, 2.24) is 29.3 Å². The second kappa shape index (κ2) is 6.01. The third-order valence-corrected chi connectivity index (χ3v) is 5.33. The van der Waals surface area contributed by atoms with Crippen LogP contribution in [0, 0.1) is 10.5 Å². The summed E-state index contributed by atoms with van der Waals surface area (Å²) < 4.78 is 5.32. The van der Waals surface area contributed by atoms with Crippen molar-refractivity contribution in [2.24, 2.45) is 0 Å². The molecule has 0 atom stereocenters. The summed E-state index contributed by atoms with van der Waals surface area (Å²) in [4.78, 5) is 13.5. The van der Waals surface area contributed by atoms with Gasteiger partial charge >= 0.3 is 0 Å². The van der Waals surface area contributed by atoms with Gasteiger partial charge in [0.15, 0.2) is 11.6 Å². The Morgan fingerprint density at radius 1 is 1.15 bits per heavy atom. The van der Waals surface area contributed by atoms with E-state index in [-0.39, 0.29) is 0 Å². The van der Waals surface area contributed by atoms with E-state index in [4.69, 9.17) is 10.1 Å². The quantitative estimate of drug-likeness (QED) is 0.384. The molecule has 1 aliphatic rings. The van der Waals surface area contributed by atoms with Crippen molar-refractivity contribution in [3.63, 3.8) is 0 Å². The number of pyridine rings is 1. The van der Waals surface area contributed by atoms with Crippen LogP contribution in [0.15, 0.2) is 49.1 Å². The van der Waals surface area contributed by atoms with Crippen LogP contribution in [0.5, 0.6) is 0 Å². The third kappa shape index (κ3) is 2.54. The number of aryl methyl sites for hydroxylation is 1. The zero-order chi connectivity index (χ0) is 17.7. The van der Waals surface area contributed by atoms with Crippen molar-refractivity contribution in [3.05, 3.63) is 75.4 Å². The molecule has 3 aromatic heterocycles. The SMILES string of the molecule is Cc1ncn2c1Cn1nc(Cc3ccncc3)nc1-c1cc(I)ccc1-2. The summed E-state index contributed by atoms with van der Waals surface area (Å²) in [7, 11) is 0. The van der Waals surface area contributed by atoms with Crippen molar-refractivity contribution >= 4 is 22.6 Å². The fourth-order valence-corrected chi connectivity index (χ4v) is 3.85. The first-order valence-electron chi connectivity index (χ1n) is 8.35. The minimum absolute atomic E-state index is 0.662. The van der Waals surface area contributed by atoms with Gasteiger partial charge in [0.1, 0.15) is 0 Å². The van der Waals surface area contributed by atoms with E-state index >= 15 is 0 Å². The number of imidazole rings is 1. The smallest absolute Gasteiger partial charge is 0.160 e. The number of rotatable bonds is 2. The van der Waals surface area contributed by atoms with E-state index < -0.39 is 0 Å². The molecule has 7 heteroatoms. The number of hydrogen-bond donors (Lipinski definition) is 0. The summed E-state index contributed by atoms with van der Waals surface area (Å²) >= 11 is 2.34. The maximum absolute atomic E-state index is 4.88. The van der Waals surface area contributed by atoms with Crippen LogP contribution in [0.4, 0.5) is 0 Å². The average molecular weight is 454 g/mol. The molecule has 0 radical (unpaired) electrons. The minimum atomic E-state index is 0.662. The van der Waals surface area contributed by atoms with E-state index in [0.717, 1.165) is 39.9 Å². The Kier molecular flexibility index (Phi) is 3.63. The molecule has 1 aliphatic heterocycles. The summed E-state index contributed by atoms with van der Waals surface area (Å²) in [6, 6.07) is 10.4. The van der Waals surface area contributed by atoms with Crippen molar-refractivity contribution in [2.75, 3.05) is 0 Å². The molecule has 0 aliphatic carbocycles. The molecule has 0 bridgehead atoms. The molecule has 0 fully saturated rings. The van der Waals surface area contributed by atoms with Gasteiger partial charge in [0, 0.05) is 27.9 Å². The van der Waals surface area contributed by atoms with Crippen LogP contribution in [0.25, 0.3) is 17.1 Å². The molecule has 128 valence electrons. The standard InChI is InChI=1S/C19H15IN6/c1-12-17-10-26-19(23-18(24-26)8-13-4-6-21-7-5-13)15-9-14(20)2-3-16(15)25(17)11-22-12/h2-7,9,11H,8,10H2,1H3. The van der Waals surface area contributed by atoms with Gasteiger partial charge in [-0.2, -0.15) is 5.10 Å². The molecular weight excluding hydrogens is 439 g/mol. The first kappa shape index (κ1) is 15.7. The van der Waals surface area contributed by atoms with Crippen LogP contribution in [-0.4, -0.2) is 29.3 Å². The molecule has 4 aromatic rings. The van der Waals surface area contributed by atoms with Crippen LogP contribution in [0.3, 0.4) is 0 Å². The highest BCUT2D eigenvalue weighted by Gasteiger charge is 2.24. The number of hydrogen-bond acceptors (Lipinski definition) is 4. The molecule has 0 N–H and O–H groups in total. The molecule has 6 nitrogen and oxygen atoms in total. The predicted molar refractivity (Wildman–Crippen MR) is 106 cm³/mol.